The minimum atomic E-state index is 1.15. The van der Waals surface area contributed by atoms with E-state index in [1.807, 2.05) is 0 Å². The van der Waals surface area contributed by atoms with E-state index in [9.17, 15) is 0 Å². The zero-order valence-corrected chi connectivity index (χ0v) is 3.55. The van der Waals surface area contributed by atoms with Gasteiger partial charge in [0.05, 0.1) is 12.6 Å². The smallest absolute Gasteiger partial charge is 0.172 e. The van der Waals surface area contributed by atoms with Crippen LogP contribution in [0.2, 0.25) is 0 Å². The molecule has 0 fully saturated rings. The van der Waals surface area contributed by atoms with E-state index in [1.165, 1.54) is 6.20 Å². The molecule has 0 aliphatic heterocycles. The van der Waals surface area contributed by atoms with Gasteiger partial charge in [-0.05, 0) is 0 Å². The van der Waals surface area contributed by atoms with Crippen LogP contribution in [0.5, 0.6) is 0 Å². The SMILES string of the molecule is [C-]#[N+]/C=C/N=C=N. The molecule has 3 heteroatoms. The van der Waals surface area contributed by atoms with E-state index < -0.39 is 0 Å². The second-order valence-corrected chi connectivity index (χ2v) is 0.668. The predicted molar refractivity (Wildman–Crippen MR) is 25.9 cm³/mol. The summed E-state index contributed by atoms with van der Waals surface area (Å²) in [5.74, 6) is 0. The highest BCUT2D eigenvalue weighted by Gasteiger charge is 1.53. The Hall–Kier alpha value is -1.39. The summed E-state index contributed by atoms with van der Waals surface area (Å²) < 4.78 is 0. The minimum absolute atomic E-state index is 1.15. The lowest BCUT2D eigenvalue weighted by atomic mass is 10.9. The van der Waals surface area contributed by atoms with Gasteiger partial charge in [-0.2, -0.15) is 0 Å². The van der Waals surface area contributed by atoms with E-state index in [4.69, 9.17) is 12.0 Å². The van der Waals surface area contributed by atoms with E-state index in [0.717, 1.165) is 6.20 Å². The van der Waals surface area contributed by atoms with E-state index in [0.29, 0.717) is 0 Å². The van der Waals surface area contributed by atoms with Gasteiger partial charge in [0, 0.05) is 6.20 Å². The van der Waals surface area contributed by atoms with Crippen LogP contribution in [0.3, 0.4) is 0 Å². The van der Waals surface area contributed by atoms with Crippen LogP contribution >= 0.6 is 0 Å². The van der Waals surface area contributed by atoms with Crippen molar-refractivity contribution in [2.75, 3.05) is 0 Å². The first-order valence-corrected chi connectivity index (χ1v) is 1.55. The first kappa shape index (κ1) is 5.61. The molecule has 0 radical (unpaired) electrons. The lowest BCUT2D eigenvalue weighted by Gasteiger charge is -1.57. The molecule has 0 aromatic rings. The van der Waals surface area contributed by atoms with Crippen LogP contribution in [0.25, 0.3) is 4.85 Å². The maximum absolute atomic E-state index is 6.21. The normalized spacial score (nSPS) is 7.29. The van der Waals surface area contributed by atoms with E-state index in [1.54, 1.807) is 6.01 Å². The van der Waals surface area contributed by atoms with Gasteiger partial charge in [-0.3, -0.25) is 0 Å². The van der Waals surface area contributed by atoms with Crippen LogP contribution in [0.1, 0.15) is 0 Å². The Balaban J connectivity index is 3.54. The molecular weight excluding hydrogens is 90.1 g/mol. The Bertz CT molecular complexity index is 145. The summed E-state index contributed by atoms with van der Waals surface area (Å²) in [6.07, 6.45) is 2.36. The topological polar surface area (TPSA) is 40.6 Å². The van der Waals surface area contributed by atoms with Crippen molar-refractivity contribution in [3.8, 4) is 0 Å². The molecule has 0 aromatic heterocycles. The number of aliphatic imine (C=N–C) groups is 1. The van der Waals surface area contributed by atoms with Crippen molar-refractivity contribution in [3.63, 3.8) is 0 Å². The fraction of sp³-hybridized carbons (Fsp3) is 0. The third-order valence-corrected chi connectivity index (χ3v) is 0.280. The minimum Gasteiger partial charge on any atom is -0.244 e. The quantitative estimate of drug-likeness (QED) is 0.373. The van der Waals surface area contributed by atoms with Gasteiger partial charge >= 0.3 is 0 Å². The number of hydrogen-bond donors (Lipinski definition) is 1. The Kier molecular flexibility index (Phi) is 3.69. The van der Waals surface area contributed by atoms with Crippen LogP contribution in [0.4, 0.5) is 0 Å². The van der Waals surface area contributed by atoms with Gasteiger partial charge in [0.2, 0.25) is 0 Å². The molecule has 0 amide bonds. The van der Waals surface area contributed by atoms with Gasteiger partial charge < -0.3 is 0 Å². The van der Waals surface area contributed by atoms with Crippen molar-refractivity contribution < 1.29 is 0 Å². The van der Waals surface area contributed by atoms with E-state index >= 15 is 0 Å². The molecule has 0 aliphatic carbocycles. The second kappa shape index (κ2) is 4.61. The molecule has 0 saturated carbocycles. The van der Waals surface area contributed by atoms with Crippen molar-refractivity contribution in [1.29, 1.82) is 5.41 Å². The molecule has 0 saturated heterocycles. The van der Waals surface area contributed by atoms with Gasteiger partial charge in [0.15, 0.2) is 6.20 Å². The van der Waals surface area contributed by atoms with Crippen molar-refractivity contribution in [2.45, 2.75) is 0 Å². The third kappa shape index (κ3) is 4.61. The van der Waals surface area contributed by atoms with Crippen LogP contribution in [0, 0.1) is 12.0 Å². The molecule has 0 aromatic carbocycles. The summed E-state index contributed by atoms with van der Waals surface area (Å²) in [6.45, 7) is 6.17. The van der Waals surface area contributed by atoms with Crippen molar-refractivity contribution >= 4 is 6.01 Å². The Morgan fingerprint density at radius 1 is 1.86 bits per heavy atom. The number of nitrogens with one attached hydrogen (secondary N) is 1. The molecule has 0 spiro atoms. The van der Waals surface area contributed by atoms with Crippen LogP contribution in [-0.2, 0) is 0 Å². The van der Waals surface area contributed by atoms with Crippen molar-refractivity contribution in [1.82, 2.24) is 0 Å². The highest BCUT2D eigenvalue weighted by atomic mass is 14.7. The van der Waals surface area contributed by atoms with Crippen LogP contribution in [-0.4, -0.2) is 6.01 Å². The zero-order chi connectivity index (χ0) is 5.54. The molecule has 1 N–H and O–H groups in total. The molecule has 0 bridgehead atoms. The monoisotopic (exact) mass is 93.0 g/mol. The summed E-state index contributed by atoms with van der Waals surface area (Å²) >= 11 is 0. The maximum Gasteiger partial charge on any atom is 0.172 e. The first-order valence-electron chi connectivity index (χ1n) is 1.55. The third-order valence-electron chi connectivity index (χ3n) is 0.280. The summed E-state index contributed by atoms with van der Waals surface area (Å²) in [4.78, 5) is 6.01. The second-order valence-electron chi connectivity index (χ2n) is 0.668. The summed E-state index contributed by atoms with van der Waals surface area (Å²) in [7, 11) is 0. The Morgan fingerprint density at radius 3 is 3.00 bits per heavy atom. The molecule has 0 atom stereocenters. The van der Waals surface area contributed by atoms with Crippen molar-refractivity contribution in [3.05, 3.63) is 23.8 Å². The maximum atomic E-state index is 6.21. The van der Waals surface area contributed by atoms with Gasteiger partial charge in [-0.1, -0.05) is 0 Å². The van der Waals surface area contributed by atoms with Gasteiger partial charge in [0.1, 0.15) is 0 Å². The molecule has 0 aliphatic rings. The van der Waals surface area contributed by atoms with Crippen LogP contribution in [0.15, 0.2) is 17.4 Å². The van der Waals surface area contributed by atoms with Crippen molar-refractivity contribution in [2.24, 2.45) is 4.99 Å². The highest BCUT2D eigenvalue weighted by Crippen LogP contribution is 1.70. The number of nitrogens with zero attached hydrogens (tertiary/aromatic N) is 2. The predicted octanol–water partition coefficient (Wildman–Crippen LogP) is 1.13. The molecule has 3 nitrogen and oxygen atoms in total. The first-order chi connectivity index (χ1) is 3.41. The van der Waals surface area contributed by atoms with Crippen LogP contribution < -0.4 is 0 Å². The molecule has 7 heavy (non-hydrogen) atoms. The highest BCUT2D eigenvalue weighted by molar-refractivity contribution is 5.37. The number of hydrogen-bond acceptors (Lipinski definition) is 2. The van der Waals surface area contributed by atoms with E-state index in [2.05, 4.69) is 9.84 Å². The molecule has 0 heterocycles. The molecule has 34 valence electrons. The van der Waals surface area contributed by atoms with E-state index in [-0.39, 0.29) is 0 Å². The average Bonchev–Trinajstić information content (AvgIpc) is 1.69. The van der Waals surface area contributed by atoms with Gasteiger partial charge in [-0.15, -0.1) is 0 Å². The molecular formula is C4H3N3. The summed E-state index contributed by atoms with van der Waals surface area (Å²) in [6, 6.07) is 1.75. The zero-order valence-electron chi connectivity index (χ0n) is 3.55. The molecule has 0 unspecified atom stereocenters. The Labute approximate surface area is 41.3 Å². The fourth-order valence-electron chi connectivity index (χ4n) is 0.104. The Morgan fingerprint density at radius 2 is 2.57 bits per heavy atom. The largest absolute Gasteiger partial charge is 0.244 e. The number of rotatable bonds is 1. The van der Waals surface area contributed by atoms with Gasteiger partial charge in [0.25, 0.3) is 0 Å². The standard InChI is InChI=1S/C4H3N3/c1-6-2-3-7-4-5/h2-3,5H/b3-2+. The summed E-state index contributed by atoms with van der Waals surface area (Å²) in [5.41, 5.74) is 0. The lowest BCUT2D eigenvalue weighted by Crippen LogP contribution is -1.42. The lowest BCUT2D eigenvalue weighted by molar-refractivity contribution is 1.50. The van der Waals surface area contributed by atoms with Gasteiger partial charge in [-0.25, -0.2) is 15.2 Å². The summed E-state index contributed by atoms with van der Waals surface area (Å²) in [5, 5.41) is 6.21. The molecule has 0 rings (SSSR count). The fourth-order valence-corrected chi connectivity index (χ4v) is 0.104. The average molecular weight is 93.1 g/mol.